The first kappa shape index (κ1) is 16.8. The molecular formula is C16H32O2Si. The number of hydrogen-bond donors (Lipinski definition) is 0. The van der Waals surface area contributed by atoms with E-state index in [1.54, 1.807) is 0 Å². The largest absolute Gasteiger partial charge is 0.524 e. The molecule has 3 heteroatoms. The highest BCUT2D eigenvalue weighted by Crippen LogP contribution is 2.41. The third-order valence-corrected chi connectivity index (χ3v) is 8.43. The number of rotatable bonds is 8. The molecule has 1 atom stereocenters. The van der Waals surface area contributed by atoms with Gasteiger partial charge in [-0.25, -0.2) is 0 Å². The second kappa shape index (κ2) is 8.80. The van der Waals surface area contributed by atoms with Gasteiger partial charge < -0.3 is 8.85 Å². The van der Waals surface area contributed by atoms with E-state index in [4.69, 9.17) is 8.85 Å². The molecule has 0 spiro atoms. The summed E-state index contributed by atoms with van der Waals surface area (Å²) in [6.45, 7) is 11.1. The van der Waals surface area contributed by atoms with Crippen LogP contribution in [0.1, 0.15) is 72.1 Å². The van der Waals surface area contributed by atoms with Crippen LogP contribution < -0.4 is 0 Å². The Morgan fingerprint density at radius 3 is 2.26 bits per heavy atom. The first-order valence-corrected chi connectivity index (χ1v) is 10.2. The Bertz CT molecular complexity index is 259. The highest BCUT2D eigenvalue weighted by molar-refractivity contribution is 6.69. The average Bonchev–Trinajstić information content (AvgIpc) is 2.64. The van der Waals surface area contributed by atoms with Crippen LogP contribution in [0.5, 0.6) is 0 Å². The molecule has 1 aliphatic carbocycles. The van der Waals surface area contributed by atoms with Crippen LogP contribution in [0.2, 0.25) is 11.6 Å². The lowest BCUT2D eigenvalue weighted by molar-refractivity contribution is 0.199. The van der Waals surface area contributed by atoms with E-state index >= 15 is 0 Å². The van der Waals surface area contributed by atoms with Gasteiger partial charge in [-0.05, 0) is 26.7 Å². The fourth-order valence-corrected chi connectivity index (χ4v) is 7.57. The fraction of sp³-hybridized carbons (Fsp3) is 0.875. The summed E-state index contributed by atoms with van der Waals surface area (Å²) in [7, 11) is -2.11. The minimum Gasteiger partial charge on any atom is -0.524 e. The Balaban J connectivity index is 2.85. The molecule has 0 amide bonds. The summed E-state index contributed by atoms with van der Waals surface area (Å²) in [4.78, 5) is 0. The van der Waals surface area contributed by atoms with Gasteiger partial charge >= 0.3 is 8.56 Å². The second-order valence-corrected chi connectivity index (χ2v) is 9.27. The third-order valence-electron chi connectivity index (χ3n) is 4.09. The van der Waals surface area contributed by atoms with Gasteiger partial charge in [0.25, 0.3) is 0 Å². The van der Waals surface area contributed by atoms with Gasteiger partial charge in [0.15, 0.2) is 0 Å². The predicted octanol–water partition coefficient (Wildman–Crippen LogP) is 5.54. The smallest absolute Gasteiger partial charge is 0.401 e. The predicted molar refractivity (Wildman–Crippen MR) is 84.4 cm³/mol. The zero-order valence-corrected chi connectivity index (χ0v) is 14.2. The number of allylic oxidation sites excluding steroid dienone is 1. The highest BCUT2D eigenvalue weighted by atomic mass is 28.4. The summed E-state index contributed by atoms with van der Waals surface area (Å²) < 4.78 is 12.6. The molecule has 0 aromatic heterocycles. The molecule has 0 saturated heterocycles. The normalized spacial score (nSPS) is 20.6. The van der Waals surface area contributed by atoms with Crippen molar-refractivity contribution in [2.75, 3.05) is 6.61 Å². The molecule has 0 aromatic carbocycles. The monoisotopic (exact) mass is 284 g/mol. The zero-order valence-electron chi connectivity index (χ0n) is 13.2. The maximum Gasteiger partial charge on any atom is 0.401 e. The minimum absolute atomic E-state index is 0.665. The molecule has 0 aliphatic heterocycles. The Morgan fingerprint density at radius 2 is 1.79 bits per heavy atom. The Kier molecular flexibility index (Phi) is 7.77. The van der Waals surface area contributed by atoms with Crippen molar-refractivity contribution in [3.05, 3.63) is 12.3 Å². The summed E-state index contributed by atoms with van der Waals surface area (Å²) in [6, 6.07) is 1.13. The Labute approximate surface area is 120 Å². The summed E-state index contributed by atoms with van der Waals surface area (Å²) in [5.41, 5.74) is 0.665. The van der Waals surface area contributed by atoms with Gasteiger partial charge in [-0.15, -0.1) is 0 Å². The molecular weight excluding hydrogens is 252 g/mol. The molecule has 1 aliphatic rings. The van der Waals surface area contributed by atoms with Crippen molar-refractivity contribution in [1.29, 1.82) is 0 Å². The van der Waals surface area contributed by atoms with Gasteiger partial charge in [0.2, 0.25) is 0 Å². The topological polar surface area (TPSA) is 18.5 Å². The van der Waals surface area contributed by atoms with Crippen molar-refractivity contribution in [1.82, 2.24) is 0 Å². The molecule has 1 fully saturated rings. The molecule has 0 bridgehead atoms. The third kappa shape index (κ3) is 5.31. The van der Waals surface area contributed by atoms with Crippen molar-refractivity contribution >= 4 is 8.56 Å². The van der Waals surface area contributed by atoms with Crippen LogP contribution in [0, 0.1) is 0 Å². The second-order valence-electron chi connectivity index (χ2n) is 5.84. The zero-order chi connectivity index (χ0) is 14.1. The van der Waals surface area contributed by atoms with Crippen LogP contribution in [-0.4, -0.2) is 15.2 Å². The molecule has 19 heavy (non-hydrogen) atoms. The van der Waals surface area contributed by atoms with Gasteiger partial charge in [-0.3, -0.25) is 0 Å². The van der Waals surface area contributed by atoms with E-state index < -0.39 is 8.56 Å². The van der Waals surface area contributed by atoms with Gasteiger partial charge in [0.1, 0.15) is 0 Å². The van der Waals surface area contributed by atoms with Crippen LogP contribution in [-0.2, 0) is 8.85 Å². The summed E-state index contributed by atoms with van der Waals surface area (Å²) in [5.74, 6) is 0.848. The molecule has 0 radical (unpaired) electrons. The van der Waals surface area contributed by atoms with Gasteiger partial charge in [0, 0.05) is 18.2 Å². The standard InChI is InChI=1S/C16H32O2Si/c1-5-7-14-19(17-6-2,18-15(3)4)16-12-10-8-9-11-13-16/h16H,3,5-14H2,1-2,4H3. The maximum absolute atomic E-state index is 6.30. The number of unbranched alkanes of at least 4 members (excludes halogenated alkanes) is 1. The molecule has 1 rings (SSSR count). The van der Waals surface area contributed by atoms with E-state index in [0.717, 1.165) is 18.4 Å². The first-order valence-electron chi connectivity index (χ1n) is 8.13. The summed E-state index contributed by atoms with van der Waals surface area (Å²) >= 11 is 0. The van der Waals surface area contributed by atoms with E-state index in [2.05, 4.69) is 20.4 Å². The van der Waals surface area contributed by atoms with Gasteiger partial charge in [0.05, 0.1) is 5.76 Å². The fourth-order valence-electron chi connectivity index (χ4n) is 3.24. The lowest BCUT2D eigenvalue weighted by Crippen LogP contribution is -2.46. The summed E-state index contributed by atoms with van der Waals surface area (Å²) in [6.07, 6.45) is 10.5. The quantitative estimate of drug-likeness (QED) is 0.331. The SMILES string of the molecule is C=C(C)O[Si](CCCC)(OCC)C1CCCCCC1. The van der Waals surface area contributed by atoms with Crippen molar-refractivity contribution in [3.8, 4) is 0 Å². The Morgan fingerprint density at radius 1 is 1.16 bits per heavy atom. The van der Waals surface area contributed by atoms with Crippen LogP contribution in [0.3, 0.4) is 0 Å². The molecule has 1 unspecified atom stereocenters. The van der Waals surface area contributed by atoms with Crippen LogP contribution in [0.4, 0.5) is 0 Å². The molecule has 2 nitrogen and oxygen atoms in total. The van der Waals surface area contributed by atoms with Crippen molar-refractivity contribution in [2.45, 2.75) is 83.7 Å². The maximum atomic E-state index is 6.30. The van der Waals surface area contributed by atoms with Crippen LogP contribution >= 0.6 is 0 Å². The average molecular weight is 285 g/mol. The first-order chi connectivity index (χ1) is 9.14. The van der Waals surface area contributed by atoms with E-state index in [1.807, 2.05) is 6.92 Å². The van der Waals surface area contributed by atoms with Crippen LogP contribution in [0.15, 0.2) is 12.3 Å². The molecule has 0 N–H and O–H groups in total. The Hall–Kier alpha value is -0.283. The molecule has 112 valence electrons. The van der Waals surface area contributed by atoms with Gasteiger partial charge in [-0.1, -0.05) is 52.0 Å². The van der Waals surface area contributed by atoms with E-state index in [0.29, 0.717) is 5.54 Å². The lowest BCUT2D eigenvalue weighted by atomic mass is 10.2. The summed E-state index contributed by atoms with van der Waals surface area (Å²) in [5, 5.41) is 0. The molecule has 0 aromatic rings. The highest BCUT2D eigenvalue weighted by Gasteiger charge is 2.46. The number of hydrogen-bond acceptors (Lipinski definition) is 2. The lowest BCUT2D eigenvalue weighted by Gasteiger charge is -2.37. The van der Waals surface area contributed by atoms with Crippen molar-refractivity contribution < 1.29 is 8.85 Å². The van der Waals surface area contributed by atoms with Crippen molar-refractivity contribution in [2.24, 2.45) is 0 Å². The molecule has 1 saturated carbocycles. The van der Waals surface area contributed by atoms with Crippen LogP contribution in [0.25, 0.3) is 0 Å². The molecule has 0 heterocycles. The van der Waals surface area contributed by atoms with Crippen molar-refractivity contribution in [3.63, 3.8) is 0 Å². The van der Waals surface area contributed by atoms with E-state index in [9.17, 15) is 0 Å². The van der Waals surface area contributed by atoms with Gasteiger partial charge in [-0.2, -0.15) is 0 Å². The van der Waals surface area contributed by atoms with E-state index in [1.165, 1.54) is 51.4 Å². The van der Waals surface area contributed by atoms with E-state index in [-0.39, 0.29) is 0 Å². The minimum atomic E-state index is -2.11.